The maximum Gasteiger partial charge on any atom is 0.136 e. The van der Waals surface area contributed by atoms with Gasteiger partial charge in [-0.1, -0.05) is 12.2 Å². The Bertz CT molecular complexity index is 444. The number of thioether (sulfide) groups is 1. The fraction of sp³-hybridized carbons (Fsp3) is 0.538. The van der Waals surface area contributed by atoms with Crippen LogP contribution < -0.4 is 11.1 Å². The Hall–Kier alpha value is -0.850. The molecule has 1 aliphatic rings. The molecule has 104 valence electrons. The van der Waals surface area contributed by atoms with Crippen LogP contribution in [0.4, 0.5) is 5.82 Å². The van der Waals surface area contributed by atoms with Crippen molar-refractivity contribution >= 4 is 34.8 Å². The van der Waals surface area contributed by atoms with Gasteiger partial charge in [0.05, 0.1) is 5.56 Å². The smallest absolute Gasteiger partial charge is 0.136 e. The van der Waals surface area contributed by atoms with Gasteiger partial charge < -0.3 is 11.1 Å². The van der Waals surface area contributed by atoms with Gasteiger partial charge in [0.1, 0.15) is 10.8 Å². The molecular weight excluding hydrogens is 276 g/mol. The van der Waals surface area contributed by atoms with Gasteiger partial charge in [0, 0.05) is 43.9 Å². The van der Waals surface area contributed by atoms with Crippen molar-refractivity contribution in [3.8, 4) is 0 Å². The van der Waals surface area contributed by atoms with E-state index >= 15 is 0 Å². The highest BCUT2D eigenvalue weighted by atomic mass is 32.2. The summed E-state index contributed by atoms with van der Waals surface area (Å²) in [5.74, 6) is 3.28. The van der Waals surface area contributed by atoms with Crippen molar-refractivity contribution in [1.29, 1.82) is 0 Å². The van der Waals surface area contributed by atoms with Crippen LogP contribution in [0.5, 0.6) is 0 Å². The fourth-order valence-electron chi connectivity index (χ4n) is 2.16. The van der Waals surface area contributed by atoms with E-state index in [1.807, 2.05) is 24.8 Å². The van der Waals surface area contributed by atoms with Crippen LogP contribution in [0.25, 0.3) is 0 Å². The van der Waals surface area contributed by atoms with E-state index in [9.17, 15) is 0 Å². The monoisotopic (exact) mass is 296 g/mol. The number of hydrogen-bond donors (Lipinski definition) is 2. The number of pyridine rings is 1. The van der Waals surface area contributed by atoms with Crippen LogP contribution in [-0.2, 0) is 0 Å². The summed E-state index contributed by atoms with van der Waals surface area (Å²) in [5, 5.41) is 3.36. The minimum absolute atomic E-state index is 0.405. The van der Waals surface area contributed by atoms with Crippen molar-refractivity contribution in [3.63, 3.8) is 0 Å². The molecule has 4 nitrogen and oxygen atoms in total. The normalized spacial score (nSPS) is 16.3. The molecule has 0 spiro atoms. The first-order valence-electron chi connectivity index (χ1n) is 6.48. The molecule has 2 rings (SSSR count). The topological polar surface area (TPSA) is 54.2 Å². The van der Waals surface area contributed by atoms with Gasteiger partial charge in [0.25, 0.3) is 0 Å². The highest BCUT2D eigenvalue weighted by molar-refractivity contribution is 7.99. The van der Waals surface area contributed by atoms with Crippen molar-refractivity contribution in [2.45, 2.75) is 6.92 Å². The molecule has 1 saturated heterocycles. The zero-order chi connectivity index (χ0) is 13.7. The lowest BCUT2D eigenvalue weighted by Gasteiger charge is -2.26. The summed E-state index contributed by atoms with van der Waals surface area (Å²) >= 11 is 7.13. The van der Waals surface area contributed by atoms with E-state index in [2.05, 4.69) is 15.2 Å². The third kappa shape index (κ3) is 4.06. The molecule has 1 aromatic rings. The highest BCUT2D eigenvalue weighted by Gasteiger charge is 2.12. The number of aromatic nitrogens is 1. The first kappa shape index (κ1) is 14.6. The van der Waals surface area contributed by atoms with Crippen LogP contribution >= 0.6 is 24.0 Å². The van der Waals surface area contributed by atoms with Gasteiger partial charge in [0.2, 0.25) is 0 Å². The highest BCUT2D eigenvalue weighted by Crippen LogP contribution is 2.16. The summed E-state index contributed by atoms with van der Waals surface area (Å²) in [6.07, 6.45) is 1.79. The molecule has 3 N–H and O–H groups in total. The van der Waals surface area contributed by atoms with E-state index in [0.717, 1.165) is 30.0 Å². The third-order valence-corrected chi connectivity index (χ3v) is 4.38. The van der Waals surface area contributed by atoms with Gasteiger partial charge >= 0.3 is 0 Å². The zero-order valence-corrected chi connectivity index (χ0v) is 12.8. The summed E-state index contributed by atoms with van der Waals surface area (Å²) in [6.45, 7) is 6.26. The first-order valence-corrected chi connectivity index (χ1v) is 8.04. The van der Waals surface area contributed by atoms with Gasteiger partial charge in [0.15, 0.2) is 0 Å². The van der Waals surface area contributed by atoms with Gasteiger partial charge in [-0.15, -0.1) is 0 Å². The van der Waals surface area contributed by atoms with Crippen LogP contribution in [0.15, 0.2) is 12.3 Å². The molecule has 0 amide bonds. The van der Waals surface area contributed by atoms with Gasteiger partial charge in [-0.25, -0.2) is 4.98 Å². The first-order chi connectivity index (χ1) is 9.18. The number of rotatable bonds is 5. The molecule has 0 atom stereocenters. The van der Waals surface area contributed by atoms with Crippen molar-refractivity contribution in [2.75, 3.05) is 43.0 Å². The molecule has 0 aliphatic carbocycles. The number of nitrogens with one attached hydrogen (secondary N) is 1. The summed E-state index contributed by atoms with van der Waals surface area (Å²) in [7, 11) is 0. The Morgan fingerprint density at radius 3 is 2.95 bits per heavy atom. The van der Waals surface area contributed by atoms with E-state index in [1.54, 1.807) is 6.20 Å². The molecule has 0 saturated carbocycles. The Morgan fingerprint density at radius 2 is 2.26 bits per heavy atom. The van der Waals surface area contributed by atoms with Gasteiger partial charge in [-0.2, -0.15) is 11.8 Å². The number of hydrogen-bond acceptors (Lipinski definition) is 5. The Morgan fingerprint density at radius 1 is 1.53 bits per heavy atom. The Balaban J connectivity index is 1.92. The lowest BCUT2D eigenvalue weighted by atomic mass is 10.1. The van der Waals surface area contributed by atoms with Crippen LogP contribution in [0.3, 0.4) is 0 Å². The van der Waals surface area contributed by atoms with E-state index in [0.29, 0.717) is 4.99 Å². The Labute approximate surface area is 124 Å². The second-order valence-electron chi connectivity index (χ2n) is 4.60. The molecule has 1 aliphatic heterocycles. The maximum atomic E-state index is 5.77. The minimum Gasteiger partial charge on any atom is -0.389 e. The number of thiocarbonyl (C=S) groups is 1. The van der Waals surface area contributed by atoms with Crippen molar-refractivity contribution < 1.29 is 0 Å². The second-order valence-corrected chi connectivity index (χ2v) is 6.26. The third-order valence-electron chi connectivity index (χ3n) is 3.23. The fourth-order valence-corrected chi connectivity index (χ4v) is 3.40. The predicted molar refractivity (Wildman–Crippen MR) is 87.1 cm³/mol. The van der Waals surface area contributed by atoms with E-state index < -0.39 is 0 Å². The summed E-state index contributed by atoms with van der Waals surface area (Å²) in [4.78, 5) is 7.22. The lowest BCUT2D eigenvalue weighted by molar-refractivity contribution is 0.314. The van der Waals surface area contributed by atoms with Crippen molar-refractivity contribution in [1.82, 2.24) is 9.88 Å². The van der Waals surface area contributed by atoms with Crippen molar-refractivity contribution in [2.24, 2.45) is 5.73 Å². The summed E-state index contributed by atoms with van der Waals surface area (Å²) < 4.78 is 0. The van der Waals surface area contributed by atoms with Crippen LogP contribution in [-0.4, -0.2) is 52.6 Å². The van der Waals surface area contributed by atoms with Crippen LogP contribution in [0.1, 0.15) is 11.1 Å². The standard InChI is InChI=1S/C13H20N4S2/c1-10-2-3-15-13(11(10)12(14)18)16-4-5-17-6-8-19-9-7-17/h2-3H,4-9H2,1H3,(H2,14,18)(H,15,16). The average Bonchev–Trinajstić information content (AvgIpc) is 2.39. The molecule has 0 radical (unpaired) electrons. The number of anilines is 1. The van der Waals surface area contributed by atoms with Gasteiger partial charge in [-0.05, 0) is 18.6 Å². The molecule has 0 aromatic carbocycles. The maximum absolute atomic E-state index is 5.77. The molecule has 6 heteroatoms. The largest absolute Gasteiger partial charge is 0.389 e. The Kier molecular flexibility index (Phi) is 5.42. The molecule has 1 fully saturated rings. The molecular formula is C13H20N4S2. The number of nitrogens with two attached hydrogens (primary N) is 1. The van der Waals surface area contributed by atoms with Crippen LogP contribution in [0.2, 0.25) is 0 Å². The zero-order valence-electron chi connectivity index (χ0n) is 11.2. The van der Waals surface area contributed by atoms with E-state index in [1.165, 1.54) is 24.6 Å². The molecule has 2 heterocycles. The second kappa shape index (κ2) is 7.07. The summed E-state index contributed by atoms with van der Waals surface area (Å²) in [6, 6.07) is 1.93. The molecule has 0 bridgehead atoms. The quantitative estimate of drug-likeness (QED) is 0.803. The lowest BCUT2D eigenvalue weighted by Crippen LogP contribution is -2.36. The molecule has 1 aromatic heterocycles. The van der Waals surface area contributed by atoms with Crippen molar-refractivity contribution in [3.05, 3.63) is 23.4 Å². The van der Waals surface area contributed by atoms with Gasteiger partial charge in [-0.3, -0.25) is 4.90 Å². The van der Waals surface area contributed by atoms with E-state index in [-0.39, 0.29) is 0 Å². The minimum atomic E-state index is 0.405. The average molecular weight is 296 g/mol. The van der Waals surface area contributed by atoms with E-state index in [4.69, 9.17) is 18.0 Å². The molecule has 0 unspecified atom stereocenters. The van der Waals surface area contributed by atoms with Crippen LogP contribution in [0, 0.1) is 6.92 Å². The SMILES string of the molecule is Cc1ccnc(NCCN2CCSCC2)c1C(N)=S. The number of aryl methyl sites for hydroxylation is 1. The summed E-state index contributed by atoms with van der Waals surface area (Å²) in [5.41, 5.74) is 7.70. The molecule has 19 heavy (non-hydrogen) atoms. The number of nitrogens with zero attached hydrogens (tertiary/aromatic N) is 2. The predicted octanol–water partition coefficient (Wildman–Crippen LogP) is 1.48.